The molecule has 2 aromatic rings. The largest absolute Gasteiger partial charge is 0.486 e. The maximum atomic E-state index is 12.3. The number of nitrogens with zero attached hydrogens (tertiary/aromatic N) is 1. The molecule has 0 aliphatic carbocycles. The van der Waals surface area contributed by atoms with Gasteiger partial charge in [-0.1, -0.05) is 0 Å². The number of aromatic nitrogens is 1. The van der Waals surface area contributed by atoms with E-state index in [0.717, 1.165) is 48.7 Å². The number of ether oxygens (including phenoxy) is 2. The Labute approximate surface area is 156 Å². The van der Waals surface area contributed by atoms with Crippen molar-refractivity contribution in [3.8, 4) is 22.8 Å². The smallest absolute Gasteiger partial charge is 0.230 e. The van der Waals surface area contributed by atoms with Gasteiger partial charge in [-0.2, -0.15) is 0 Å². The van der Waals surface area contributed by atoms with Crippen LogP contribution in [-0.4, -0.2) is 37.2 Å². The maximum absolute atomic E-state index is 12.3. The van der Waals surface area contributed by atoms with Crippen LogP contribution in [0.3, 0.4) is 0 Å². The fraction of sp³-hybridized carbons (Fsp3) is 0.412. The van der Waals surface area contributed by atoms with Gasteiger partial charge in [0.15, 0.2) is 16.6 Å². The van der Waals surface area contributed by atoms with Gasteiger partial charge >= 0.3 is 0 Å². The minimum absolute atomic E-state index is 0. The summed E-state index contributed by atoms with van der Waals surface area (Å²) in [4.78, 5) is 16.8. The van der Waals surface area contributed by atoms with Gasteiger partial charge in [0.1, 0.15) is 13.2 Å². The first-order valence-corrected chi connectivity index (χ1v) is 9.05. The van der Waals surface area contributed by atoms with E-state index in [9.17, 15) is 4.79 Å². The van der Waals surface area contributed by atoms with E-state index in [1.54, 1.807) is 0 Å². The van der Waals surface area contributed by atoms with Crippen molar-refractivity contribution in [2.45, 2.75) is 12.8 Å². The van der Waals surface area contributed by atoms with Crippen LogP contribution in [-0.2, 0) is 4.79 Å². The van der Waals surface area contributed by atoms with Crippen molar-refractivity contribution in [2.75, 3.05) is 31.6 Å². The van der Waals surface area contributed by atoms with Gasteiger partial charge in [-0.15, -0.1) is 23.7 Å². The molecule has 6 nitrogen and oxygen atoms in total. The fourth-order valence-corrected chi connectivity index (χ4v) is 3.67. The third-order valence-electron chi connectivity index (χ3n) is 4.24. The minimum atomic E-state index is 0. The van der Waals surface area contributed by atoms with Crippen molar-refractivity contribution >= 4 is 34.8 Å². The lowest BCUT2D eigenvalue weighted by Gasteiger charge is -2.21. The predicted molar refractivity (Wildman–Crippen MR) is 100 cm³/mol. The van der Waals surface area contributed by atoms with Gasteiger partial charge in [0.05, 0.1) is 11.6 Å². The summed E-state index contributed by atoms with van der Waals surface area (Å²) in [6.45, 7) is 2.88. The Morgan fingerprint density at radius 2 is 2.12 bits per heavy atom. The van der Waals surface area contributed by atoms with Crippen LogP contribution in [0.15, 0.2) is 23.6 Å². The zero-order chi connectivity index (χ0) is 16.4. The second-order valence-corrected chi connectivity index (χ2v) is 6.79. The summed E-state index contributed by atoms with van der Waals surface area (Å²) in [5.74, 6) is 1.58. The summed E-state index contributed by atoms with van der Waals surface area (Å²) in [5, 5.41) is 8.77. The van der Waals surface area contributed by atoms with E-state index >= 15 is 0 Å². The number of nitrogens with one attached hydrogen (secondary N) is 2. The molecule has 1 aromatic carbocycles. The molecule has 3 heterocycles. The van der Waals surface area contributed by atoms with Crippen molar-refractivity contribution in [3.63, 3.8) is 0 Å². The van der Waals surface area contributed by atoms with E-state index < -0.39 is 0 Å². The normalized spacial score (nSPS) is 19.0. The number of thiazole rings is 1. The van der Waals surface area contributed by atoms with Crippen molar-refractivity contribution in [1.82, 2.24) is 10.3 Å². The molecule has 2 N–H and O–H groups in total. The molecule has 134 valence electrons. The molecular formula is C17H20ClN3O3S. The number of benzene rings is 1. The van der Waals surface area contributed by atoms with Crippen molar-refractivity contribution in [3.05, 3.63) is 23.6 Å². The van der Waals surface area contributed by atoms with Gasteiger partial charge < -0.3 is 20.1 Å². The zero-order valence-corrected chi connectivity index (χ0v) is 15.3. The van der Waals surface area contributed by atoms with Crippen LogP contribution in [0.1, 0.15) is 12.8 Å². The standard InChI is InChI=1S/C17H19N3O3S.ClH/c21-16(12-2-1-5-18-9-12)20-17-19-13(10-24-17)11-3-4-14-15(8-11)23-7-6-22-14;/h3-4,8,10,12,18H,1-2,5-7,9H2,(H,19,20,21);1H. The molecule has 1 unspecified atom stereocenters. The highest BCUT2D eigenvalue weighted by Crippen LogP contribution is 2.35. The molecule has 0 bridgehead atoms. The Bertz CT molecular complexity index is 746. The van der Waals surface area contributed by atoms with Crippen LogP contribution < -0.4 is 20.1 Å². The Morgan fingerprint density at radius 3 is 2.92 bits per heavy atom. The molecule has 0 radical (unpaired) electrons. The third-order valence-corrected chi connectivity index (χ3v) is 5.00. The van der Waals surface area contributed by atoms with Crippen LogP contribution in [0.25, 0.3) is 11.3 Å². The van der Waals surface area contributed by atoms with Crippen molar-refractivity contribution < 1.29 is 14.3 Å². The van der Waals surface area contributed by atoms with Crippen LogP contribution in [0.2, 0.25) is 0 Å². The number of carbonyl (C=O) groups excluding carboxylic acids is 1. The summed E-state index contributed by atoms with van der Waals surface area (Å²) in [6.07, 6.45) is 1.97. The van der Waals surface area contributed by atoms with Crippen LogP contribution >= 0.6 is 23.7 Å². The number of piperidine rings is 1. The summed E-state index contributed by atoms with van der Waals surface area (Å²) in [5.41, 5.74) is 1.78. The molecular weight excluding hydrogens is 362 g/mol. The van der Waals surface area contributed by atoms with E-state index in [-0.39, 0.29) is 24.2 Å². The average molecular weight is 382 g/mol. The van der Waals surface area contributed by atoms with Gasteiger partial charge in [0, 0.05) is 17.5 Å². The number of anilines is 1. The Morgan fingerprint density at radius 1 is 1.28 bits per heavy atom. The SMILES string of the molecule is Cl.O=C(Nc1nc(-c2ccc3c(c2)OCCO3)cs1)C1CCCNC1. The number of rotatable bonds is 3. The van der Waals surface area contributed by atoms with E-state index in [1.165, 1.54) is 11.3 Å². The summed E-state index contributed by atoms with van der Waals surface area (Å²) in [6, 6.07) is 5.79. The molecule has 1 fully saturated rings. The van der Waals surface area contributed by atoms with Gasteiger partial charge in [0.2, 0.25) is 5.91 Å². The maximum Gasteiger partial charge on any atom is 0.230 e. The number of halogens is 1. The lowest BCUT2D eigenvalue weighted by atomic mass is 9.99. The van der Waals surface area contributed by atoms with Crippen LogP contribution in [0.4, 0.5) is 5.13 Å². The molecule has 8 heteroatoms. The summed E-state index contributed by atoms with van der Waals surface area (Å²) >= 11 is 1.44. The van der Waals surface area contributed by atoms with Crippen LogP contribution in [0.5, 0.6) is 11.5 Å². The molecule has 1 amide bonds. The second kappa shape index (κ2) is 8.03. The first kappa shape index (κ1) is 18.0. The van der Waals surface area contributed by atoms with Gasteiger partial charge in [-0.3, -0.25) is 4.79 Å². The molecule has 1 aromatic heterocycles. The molecule has 0 saturated carbocycles. The van der Waals surface area contributed by atoms with Crippen LogP contribution in [0, 0.1) is 5.92 Å². The molecule has 4 rings (SSSR count). The molecule has 2 aliphatic heterocycles. The minimum Gasteiger partial charge on any atom is -0.486 e. The Kier molecular flexibility index (Phi) is 5.78. The van der Waals surface area contributed by atoms with E-state index in [0.29, 0.717) is 18.3 Å². The number of amides is 1. The number of hydrogen-bond donors (Lipinski definition) is 2. The fourth-order valence-electron chi connectivity index (χ4n) is 2.95. The van der Waals surface area contributed by atoms with Gasteiger partial charge in [-0.05, 0) is 37.6 Å². The first-order chi connectivity index (χ1) is 11.8. The van der Waals surface area contributed by atoms with Gasteiger partial charge in [0.25, 0.3) is 0 Å². The quantitative estimate of drug-likeness (QED) is 0.855. The Balaban J connectivity index is 0.00000182. The lowest BCUT2D eigenvalue weighted by Crippen LogP contribution is -2.37. The van der Waals surface area contributed by atoms with E-state index in [1.807, 2.05) is 23.6 Å². The lowest BCUT2D eigenvalue weighted by molar-refractivity contribution is -0.120. The zero-order valence-electron chi connectivity index (χ0n) is 13.6. The average Bonchev–Trinajstić information content (AvgIpc) is 3.10. The monoisotopic (exact) mass is 381 g/mol. The molecule has 0 spiro atoms. The second-order valence-electron chi connectivity index (χ2n) is 5.93. The van der Waals surface area contributed by atoms with Crippen molar-refractivity contribution in [1.29, 1.82) is 0 Å². The number of fused-ring (bicyclic) bond motifs is 1. The van der Waals surface area contributed by atoms with E-state index in [4.69, 9.17) is 9.47 Å². The predicted octanol–water partition coefficient (Wildman–Crippen LogP) is 2.94. The summed E-state index contributed by atoms with van der Waals surface area (Å²) < 4.78 is 11.1. The molecule has 25 heavy (non-hydrogen) atoms. The highest BCUT2D eigenvalue weighted by atomic mass is 35.5. The molecule has 1 saturated heterocycles. The molecule has 2 aliphatic rings. The van der Waals surface area contributed by atoms with Gasteiger partial charge in [-0.25, -0.2) is 4.98 Å². The highest BCUT2D eigenvalue weighted by Gasteiger charge is 2.22. The number of carbonyl (C=O) groups is 1. The molecule has 1 atom stereocenters. The van der Waals surface area contributed by atoms with Crippen molar-refractivity contribution in [2.24, 2.45) is 5.92 Å². The Hall–Kier alpha value is -1.83. The third kappa shape index (κ3) is 4.05. The summed E-state index contributed by atoms with van der Waals surface area (Å²) in [7, 11) is 0. The van der Waals surface area contributed by atoms with E-state index in [2.05, 4.69) is 15.6 Å². The highest BCUT2D eigenvalue weighted by molar-refractivity contribution is 7.14. The number of hydrogen-bond acceptors (Lipinski definition) is 6. The topological polar surface area (TPSA) is 72.5 Å². The first-order valence-electron chi connectivity index (χ1n) is 8.17.